The number of hydrogen-bond donors (Lipinski definition) is 0. The van der Waals surface area contributed by atoms with Crippen LogP contribution in [0.1, 0.15) is 0 Å². The molecule has 1 aromatic carbocycles. The lowest BCUT2D eigenvalue weighted by molar-refractivity contribution is 0.554. The van der Waals surface area contributed by atoms with Gasteiger partial charge in [0, 0.05) is 19.0 Å². The Morgan fingerprint density at radius 2 is 1.71 bits per heavy atom. The van der Waals surface area contributed by atoms with E-state index in [1.165, 1.54) is 17.0 Å². The molecule has 0 aliphatic heterocycles. The zero-order valence-corrected chi connectivity index (χ0v) is 8.71. The Bertz CT molecular complexity index is 422. The fourth-order valence-electron chi connectivity index (χ4n) is 0.970. The molecule has 0 spiro atoms. The Labute approximate surface area is 83.1 Å². The lowest BCUT2D eigenvalue weighted by Gasteiger charge is -2.09. The molecule has 1 amide bonds. The van der Waals surface area contributed by atoms with E-state index in [9.17, 15) is 13.2 Å². The summed E-state index contributed by atoms with van der Waals surface area (Å²) in [6.45, 7) is 0. The highest BCUT2D eigenvalue weighted by Gasteiger charge is 2.07. The summed E-state index contributed by atoms with van der Waals surface area (Å²) < 4.78 is 22.2. The van der Waals surface area contributed by atoms with Crippen LogP contribution in [0.3, 0.4) is 0 Å². The van der Waals surface area contributed by atoms with Crippen LogP contribution in [0.2, 0.25) is 0 Å². The number of nitrogens with zero attached hydrogens (tertiary/aromatic N) is 1. The predicted octanol–water partition coefficient (Wildman–Crippen LogP) is 0.594. The van der Waals surface area contributed by atoms with Crippen LogP contribution in [0.5, 0.6) is 0 Å². The van der Waals surface area contributed by atoms with E-state index in [0.29, 0.717) is 5.69 Å². The molecule has 1 rings (SSSR count). The first-order valence-electron chi connectivity index (χ1n) is 3.87. The van der Waals surface area contributed by atoms with Crippen LogP contribution in [-0.4, -0.2) is 28.1 Å². The van der Waals surface area contributed by atoms with E-state index < -0.39 is 9.84 Å². The maximum absolute atomic E-state index is 11.1. The average molecular weight is 212 g/mol. The van der Waals surface area contributed by atoms with Crippen molar-refractivity contribution in [1.82, 2.24) is 0 Å². The van der Waals surface area contributed by atoms with Gasteiger partial charge in [-0.25, -0.2) is 8.42 Å². The van der Waals surface area contributed by atoms with Gasteiger partial charge in [0.05, 0.1) is 4.90 Å². The minimum absolute atomic E-state index is 0.237. The van der Waals surface area contributed by atoms with Gasteiger partial charge in [-0.2, -0.15) is 0 Å². The molecule has 1 aromatic rings. The third kappa shape index (κ3) is 2.32. The molecule has 0 atom stereocenters. The van der Waals surface area contributed by atoms with Gasteiger partial charge >= 0.3 is 6.41 Å². The SMILES string of the molecule is CN([C]=O)c1ccc(S(C)(=O)=O)cc1. The summed E-state index contributed by atoms with van der Waals surface area (Å²) in [7, 11) is -1.62. The van der Waals surface area contributed by atoms with Gasteiger partial charge in [0.2, 0.25) is 0 Å². The van der Waals surface area contributed by atoms with Crippen molar-refractivity contribution in [2.75, 3.05) is 18.2 Å². The predicted molar refractivity (Wildman–Crippen MR) is 53.6 cm³/mol. The fourth-order valence-corrected chi connectivity index (χ4v) is 1.60. The molecule has 0 saturated carbocycles. The maximum atomic E-state index is 11.1. The second-order valence-corrected chi connectivity index (χ2v) is 4.93. The van der Waals surface area contributed by atoms with Gasteiger partial charge in [0.15, 0.2) is 9.84 Å². The monoisotopic (exact) mass is 212 g/mol. The first-order chi connectivity index (χ1) is 6.45. The summed E-state index contributed by atoms with van der Waals surface area (Å²) in [6, 6.07) is 6.03. The van der Waals surface area contributed by atoms with Gasteiger partial charge in [-0.05, 0) is 24.3 Å². The van der Waals surface area contributed by atoms with Gasteiger partial charge in [0.25, 0.3) is 0 Å². The van der Waals surface area contributed by atoms with Crippen LogP contribution in [0.25, 0.3) is 0 Å². The van der Waals surface area contributed by atoms with Crippen LogP contribution in [0.15, 0.2) is 29.2 Å². The molecule has 75 valence electrons. The zero-order chi connectivity index (χ0) is 10.8. The van der Waals surface area contributed by atoms with E-state index in [2.05, 4.69) is 0 Å². The number of amides is 1. The number of sulfone groups is 1. The molecule has 0 aliphatic rings. The van der Waals surface area contributed by atoms with Gasteiger partial charge in [-0.3, -0.25) is 4.79 Å². The smallest absolute Gasteiger partial charge is 0.307 e. The summed E-state index contributed by atoms with van der Waals surface area (Å²) in [6.07, 6.45) is 2.81. The number of carbonyl (C=O) groups excluding carboxylic acids is 1. The molecule has 0 aromatic heterocycles. The Balaban J connectivity index is 3.07. The quantitative estimate of drug-likeness (QED) is 0.689. The van der Waals surface area contributed by atoms with Crippen molar-refractivity contribution < 1.29 is 13.2 Å². The molecule has 0 fully saturated rings. The highest BCUT2D eigenvalue weighted by Crippen LogP contribution is 2.15. The van der Waals surface area contributed by atoms with Crippen molar-refractivity contribution >= 4 is 21.9 Å². The molecule has 5 heteroatoms. The van der Waals surface area contributed by atoms with Crippen molar-refractivity contribution in [2.45, 2.75) is 4.90 Å². The van der Waals surface area contributed by atoms with Gasteiger partial charge in [0.1, 0.15) is 0 Å². The van der Waals surface area contributed by atoms with Crippen molar-refractivity contribution in [2.24, 2.45) is 0 Å². The van der Waals surface area contributed by atoms with Crippen molar-refractivity contribution in [3.63, 3.8) is 0 Å². The number of hydrogen-bond acceptors (Lipinski definition) is 3. The van der Waals surface area contributed by atoms with Gasteiger partial charge in [-0.1, -0.05) is 0 Å². The standard InChI is InChI=1S/C9H10NO3S/c1-10(7-11)8-3-5-9(6-4-8)14(2,12)13/h3-6H,1-2H3. The average Bonchev–Trinajstić information content (AvgIpc) is 2.15. The molecule has 0 aliphatic carbocycles. The zero-order valence-electron chi connectivity index (χ0n) is 7.89. The number of rotatable bonds is 3. The van der Waals surface area contributed by atoms with E-state index in [-0.39, 0.29) is 4.90 Å². The lowest BCUT2D eigenvalue weighted by Crippen LogP contribution is -2.13. The second kappa shape index (κ2) is 3.79. The molecule has 0 unspecified atom stereocenters. The van der Waals surface area contributed by atoms with Gasteiger partial charge < -0.3 is 4.90 Å². The Kier molecular flexibility index (Phi) is 2.90. The Morgan fingerprint density at radius 1 is 1.21 bits per heavy atom. The van der Waals surface area contributed by atoms with E-state index in [1.54, 1.807) is 25.6 Å². The van der Waals surface area contributed by atoms with E-state index in [0.717, 1.165) is 6.26 Å². The largest absolute Gasteiger partial charge is 0.316 e. The van der Waals surface area contributed by atoms with Gasteiger partial charge in [-0.15, -0.1) is 0 Å². The second-order valence-electron chi connectivity index (χ2n) is 2.92. The minimum atomic E-state index is -3.17. The first-order valence-corrected chi connectivity index (χ1v) is 5.76. The molecular weight excluding hydrogens is 202 g/mol. The topological polar surface area (TPSA) is 54.5 Å². The summed E-state index contributed by atoms with van der Waals surface area (Å²) in [5.74, 6) is 0. The number of anilines is 1. The Morgan fingerprint density at radius 3 is 2.07 bits per heavy atom. The molecule has 0 heterocycles. The highest BCUT2D eigenvalue weighted by molar-refractivity contribution is 7.90. The molecule has 14 heavy (non-hydrogen) atoms. The molecule has 1 radical (unpaired) electrons. The Hall–Kier alpha value is -1.36. The third-order valence-corrected chi connectivity index (χ3v) is 2.92. The lowest BCUT2D eigenvalue weighted by atomic mass is 10.3. The fraction of sp³-hybridized carbons (Fsp3) is 0.222. The van der Waals surface area contributed by atoms with Crippen molar-refractivity contribution in [1.29, 1.82) is 0 Å². The third-order valence-electron chi connectivity index (χ3n) is 1.79. The van der Waals surface area contributed by atoms with Crippen LogP contribution >= 0.6 is 0 Å². The van der Waals surface area contributed by atoms with Crippen LogP contribution < -0.4 is 4.90 Å². The summed E-state index contributed by atoms with van der Waals surface area (Å²) in [5.41, 5.74) is 0.604. The van der Waals surface area contributed by atoms with E-state index in [1.807, 2.05) is 0 Å². The summed E-state index contributed by atoms with van der Waals surface area (Å²) in [5, 5.41) is 0. The van der Waals surface area contributed by atoms with Crippen LogP contribution in [0, 0.1) is 0 Å². The highest BCUT2D eigenvalue weighted by atomic mass is 32.2. The maximum Gasteiger partial charge on any atom is 0.316 e. The first kappa shape index (κ1) is 10.7. The van der Waals surface area contributed by atoms with Crippen molar-refractivity contribution in [3.8, 4) is 0 Å². The summed E-state index contributed by atoms with van der Waals surface area (Å²) in [4.78, 5) is 11.7. The molecule has 0 N–H and O–H groups in total. The summed E-state index contributed by atoms with van der Waals surface area (Å²) >= 11 is 0. The normalized spacial score (nSPS) is 11.0. The molecule has 0 bridgehead atoms. The minimum Gasteiger partial charge on any atom is -0.307 e. The molecule has 0 saturated heterocycles. The van der Waals surface area contributed by atoms with Crippen molar-refractivity contribution in [3.05, 3.63) is 24.3 Å². The van der Waals surface area contributed by atoms with E-state index >= 15 is 0 Å². The molecule has 4 nitrogen and oxygen atoms in total. The number of benzene rings is 1. The van der Waals surface area contributed by atoms with E-state index in [4.69, 9.17) is 0 Å². The van der Waals surface area contributed by atoms with Crippen LogP contribution in [-0.2, 0) is 14.6 Å². The van der Waals surface area contributed by atoms with Crippen LogP contribution in [0.4, 0.5) is 5.69 Å². The molecular formula is C9H10NO3S.